The fourth-order valence-electron chi connectivity index (χ4n) is 1.60. The van der Waals surface area contributed by atoms with E-state index in [-0.39, 0.29) is 0 Å². The maximum Gasteiger partial charge on any atom is 0.212 e. The normalized spacial score (nSPS) is 26.4. The van der Waals surface area contributed by atoms with Crippen LogP contribution in [0.3, 0.4) is 0 Å². The molecular weight excluding hydrogens is 199 g/mol. The summed E-state index contributed by atoms with van der Waals surface area (Å²) in [6.45, 7) is 2.21. The highest BCUT2D eigenvalue weighted by Crippen LogP contribution is 2.28. The lowest BCUT2D eigenvalue weighted by atomic mass is 10.1. The van der Waals surface area contributed by atoms with Crippen molar-refractivity contribution in [1.82, 2.24) is 4.98 Å². The maximum absolute atomic E-state index is 12.5. The van der Waals surface area contributed by atoms with Gasteiger partial charge in [-0.3, -0.25) is 0 Å². The van der Waals surface area contributed by atoms with E-state index in [1.54, 1.807) is 12.3 Å². The van der Waals surface area contributed by atoms with E-state index in [0.29, 0.717) is 11.3 Å². The van der Waals surface area contributed by atoms with Crippen LogP contribution in [-0.4, -0.2) is 22.0 Å². The first-order valence-electron chi connectivity index (χ1n) is 4.75. The van der Waals surface area contributed by atoms with Crippen LogP contribution in [0, 0.1) is 5.95 Å². The Kier molecular flexibility index (Phi) is 2.91. The molecule has 0 aliphatic carbocycles. The molecule has 1 N–H and O–H groups in total. The summed E-state index contributed by atoms with van der Waals surface area (Å²) in [5, 5.41) is 3.99. The molecule has 0 radical (unpaired) electrons. The van der Waals surface area contributed by atoms with Crippen molar-refractivity contribution in [3.63, 3.8) is 0 Å². The SMILES string of the molecule is CC1SCCC1Nc1ccc(F)nc1. The second-order valence-corrected chi connectivity index (χ2v) is 4.97. The minimum absolute atomic E-state index is 0.426. The van der Waals surface area contributed by atoms with Gasteiger partial charge in [-0.25, -0.2) is 4.98 Å². The monoisotopic (exact) mass is 212 g/mol. The Morgan fingerprint density at radius 3 is 3.00 bits per heavy atom. The van der Waals surface area contributed by atoms with E-state index < -0.39 is 5.95 Å². The van der Waals surface area contributed by atoms with Gasteiger partial charge in [0.1, 0.15) is 0 Å². The van der Waals surface area contributed by atoms with Crippen molar-refractivity contribution in [3.05, 3.63) is 24.3 Å². The zero-order chi connectivity index (χ0) is 9.97. The first-order valence-corrected chi connectivity index (χ1v) is 5.80. The quantitative estimate of drug-likeness (QED) is 0.762. The van der Waals surface area contributed by atoms with Gasteiger partial charge in [0.25, 0.3) is 0 Å². The summed E-state index contributed by atoms with van der Waals surface area (Å²) in [7, 11) is 0. The van der Waals surface area contributed by atoms with Crippen LogP contribution in [0.25, 0.3) is 0 Å². The molecule has 2 atom stereocenters. The van der Waals surface area contributed by atoms with Crippen molar-refractivity contribution < 1.29 is 4.39 Å². The zero-order valence-electron chi connectivity index (χ0n) is 8.03. The average Bonchev–Trinajstić information content (AvgIpc) is 2.56. The van der Waals surface area contributed by atoms with Gasteiger partial charge in [0.05, 0.1) is 11.9 Å². The van der Waals surface area contributed by atoms with Gasteiger partial charge in [-0.2, -0.15) is 16.2 Å². The molecule has 1 aliphatic heterocycles. The van der Waals surface area contributed by atoms with Crippen LogP contribution >= 0.6 is 11.8 Å². The molecule has 4 heteroatoms. The molecule has 1 fully saturated rings. The second kappa shape index (κ2) is 4.17. The third-order valence-electron chi connectivity index (χ3n) is 2.46. The smallest absolute Gasteiger partial charge is 0.212 e. The van der Waals surface area contributed by atoms with Crippen LogP contribution in [0.2, 0.25) is 0 Å². The number of nitrogens with zero attached hydrogens (tertiary/aromatic N) is 1. The highest BCUT2D eigenvalue weighted by molar-refractivity contribution is 8.00. The minimum Gasteiger partial charge on any atom is -0.380 e. The number of pyridine rings is 1. The third-order valence-corrected chi connectivity index (χ3v) is 3.78. The number of aromatic nitrogens is 1. The highest BCUT2D eigenvalue weighted by atomic mass is 32.2. The molecule has 0 saturated carbocycles. The Bertz CT molecular complexity index is 301. The number of rotatable bonds is 2. The fraction of sp³-hybridized carbons (Fsp3) is 0.500. The molecule has 1 aromatic heterocycles. The zero-order valence-corrected chi connectivity index (χ0v) is 8.85. The summed E-state index contributed by atoms with van der Waals surface area (Å²) < 4.78 is 12.5. The van der Waals surface area contributed by atoms with Gasteiger partial charge in [0.2, 0.25) is 5.95 Å². The van der Waals surface area contributed by atoms with Crippen LogP contribution in [-0.2, 0) is 0 Å². The Hall–Kier alpha value is -0.770. The van der Waals surface area contributed by atoms with Gasteiger partial charge >= 0.3 is 0 Å². The molecule has 1 aromatic rings. The summed E-state index contributed by atoms with van der Waals surface area (Å²) in [6, 6.07) is 3.61. The van der Waals surface area contributed by atoms with Gasteiger partial charge in [0, 0.05) is 11.3 Å². The molecular formula is C10H13FN2S. The van der Waals surface area contributed by atoms with E-state index >= 15 is 0 Å². The molecule has 2 nitrogen and oxygen atoms in total. The molecule has 0 spiro atoms. The van der Waals surface area contributed by atoms with Crippen molar-refractivity contribution in [2.24, 2.45) is 0 Å². The molecule has 0 bridgehead atoms. The Morgan fingerprint density at radius 2 is 2.43 bits per heavy atom. The Labute approximate surface area is 87.3 Å². The molecule has 0 amide bonds. The number of thioether (sulfide) groups is 1. The average molecular weight is 212 g/mol. The summed E-state index contributed by atoms with van der Waals surface area (Å²) in [6.07, 6.45) is 2.72. The largest absolute Gasteiger partial charge is 0.380 e. The molecule has 1 aliphatic rings. The van der Waals surface area contributed by atoms with E-state index in [2.05, 4.69) is 17.2 Å². The van der Waals surface area contributed by atoms with Crippen LogP contribution in [0.5, 0.6) is 0 Å². The standard InChI is InChI=1S/C10H13FN2S/c1-7-9(4-5-14-7)13-8-2-3-10(11)12-6-8/h2-3,6-7,9,13H,4-5H2,1H3. The summed E-state index contributed by atoms with van der Waals surface area (Å²) in [5.74, 6) is 0.775. The molecule has 14 heavy (non-hydrogen) atoms. The third kappa shape index (κ3) is 2.18. The molecule has 76 valence electrons. The maximum atomic E-state index is 12.5. The number of hydrogen-bond donors (Lipinski definition) is 1. The van der Waals surface area contributed by atoms with Gasteiger partial charge in [0.15, 0.2) is 0 Å². The first-order chi connectivity index (χ1) is 6.75. The van der Waals surface area contributed by atoms with Gasteiger partial charge in [-0.1, -0.05) is 6.92 Å². The van der Waals surface area contributed by atoms with Crippen molar-refractivity contribution >= 4 is 17.4 Å². The van der Waals surface area contributed by atoms with Gasteiger partial charge in [-0.15, -0.1) is 0 Å². The van der Waals surface area contributed by atoms with Crippen LogP contribution in [0.15, 0.2) is 18.3 Å². The fourth-order valence-corrected chi connectivity index (χ4v) is 2.79. The van der Waals surface area contributed by atoms with E-state index in [9.17, 15) is 4.39 Å². The van der Waals surface area contributed by atoms with Crippen LogP contribution < -0.4 is 5.32 Å². The van der Waals surface area contributed by atoms with Crippen LogP contribution in [0.1, 0.15) is 13.3 Å². The number of hydrogen-bond acceptors (Lipinski definition) is 3. The van der Waals surface area contributed by atoms with Crippen LogP contribution in [0.4, 0.5) is 10.1 Å². The van der Waals surface area contributed by atoms with Crippen molar-refractivity contribution in [1.29, 1.82) is 0 Å². The topological polar surface area (TPSA) is 24.9 Å². The lowest BCUT2D eigenvalue weighted by Crippen LogP contribution is -2.24. The van der Waals surface area contributed by atoms with Crippen molar-refractivity contribution in [2.45, 2.75) is 24.6 Å². The van der Waals surface area contributed by atoms with Gasteiger partial charge < -0.3 is 5.32 Å². The summed E-state index contributed by atoms with van der Waals surface area (Å²) >= 11 is 1.97. The minimum atomic E-state index is -0.426. The lowest BCUT2D eigenvalue weighted by Gasteiger charge is -2.17. The van der Waals surface area contributed by atoms with E-state index in [0.717, 1.165) is 5.69 Å². The molecule has 2 heterocycles. The molecule has 2 rings (SSSR count). The van der Waals surface area contributed by atoms with E-state index in [1.165, 1.54) is 18.2 Å². The number of halogens is 1. The predicted molar refractivity (Wildman–Crippen MR) is 58.1 cm³/mol. The van der Waals surface area contributed by atoms with E-state index in [1.807, 2.05) is 11.8 Å². The number of nitrogens with one attached hydrogen (secondary N) is 1. The summed E-state index contributed by atoms with van der Waals surface area (Å²) in [5.41, 5.74) is 0.908. The Balaban J connectivity index is 2.00. The van der Waals surface area contributed by atoms with E-state index in [4.69, 9.17) is 0 Å². The summed E-state index contributed by atoms with van der Waals surface area (Å²) in [4.78, 5) is 3.61. The molecule has 1 saturated heterocycles. The highest BCUT2D eigenvalue weighted by Gasteiger charge is 2.23. The first kappa shape index (κ1) is 9.77. The molecule has 0 aromatic carbocycles. The second-order valence-electron chi connectivity index (χ2n) is 3.49. The van der Waals surface area contributed by atoms with Crippen molar-refractivity contribution in [2.75, 3.05) is 11.1 Å². The van der Waals surface area contributed by atoms with Gasteiger partial charge in [-0.05, 0) is 24.3 Å². The number of anilines is 1. The predicted octanol–water partition coefficient (Wildman–Crippen LogP) is 2.53. The lowest BCUT2D eigenvalue weighted by molar-refractivity contribution is 0.583. The Morgan fingerprint density at radius 1 is 1.57 bits per heavy atom. The molecule has 2 unspecified atom stereocenters. The van der Waals surface area contributed by atoms with Crippen molar-refractivity contribution in [3.8, 4) is 0 Å².